The van der Waals surface area contributed by atoms with E-state index in [0.29, 0.717) is 0 Å². The molecule has 6 aromatic carbocycles. The highest BCUT2D eigenvalue weighted by molar-refractivity contribution is 8.31. The Morgan fingerprint density at radius 2 is 0.589 bits per heavy atom. The summed E-state index contributed by atoms with van der Waals surface area (Å²) in [5.41, 5.74) is 14.9. The van der Waals surface area contributed by atoms with Gasteiger partial charge in [-0.05, 0) is 116 Å². The van der Waals surface area contributed by atoms with E-state index < -0.39 is 10.0 Å². The molecule has 286 valence electrons. The van der Waals surface area contributed by atoms with E-state index in [9.17, 15) is 0 Å². The quantitative estimate of drug-likeness (QED) is 0.119. The lowest BCUT2D eigenvalue weighted by molar-refractivity contribution is 0.590. The molecule has 56 heavy (non-hydrogen) atoms. The summed E-state index contributed by atoms with van der Waals surface area (Å²) >= 11 is 0. The normalized spacial score (nSPS) is 12.9. The molecule has 0 aliphatic heterocycles. The van der Waals surface area contributed by atoms with Crippen molar-refractivity contribution in [2.75, 3.05) is 23.7 Å². The smallest absolute Gasteiger partial charge is 0.0462 e. The summed E-state index contributed by atoms with van der Waals surface area (Å²) in [6, 6.07) is 53.3. The molecule has 0 N–H and O–H groups in total. The van der Waals surface area contributed by atoms with Crippen LogP contribution < -0.4 is 4.90 Å². The Hall–Kier alpha value is -5.31. The molecule has 1 nitrogen and oxygen atoms in total. The number of nitrogens with zero attached hydrogens (tertiary/aromatic N) is 1. The fourth-order valence-electron chi connectivity index (χ4n) is 6.64. The van der Waals surface area contributed by atoms with Crippen LogP contribution in [-0.4, -0.2) is 18.8 Å². The largest absolute Gasteiger partial charge is 0.311 e. The van der Waals surface area contributed by atoms with Gasteiger partial charge in [-0.1, -0.05) is 187 Å². The number of hydrogen-bond acceptors (Lipinski definition) is 1. The number of hydrogen-bond donors (Lipinski definition) is 0. The fourth-order valence-corrected chi connectivity index (χ4v) is 7.83. The van der Waals surface area contributed by atoms with Gasteiger partial charge in [-0.2, -0.15) is 0 Å². The minimum absolute atomic E-state index is 0.149. The van der Waals surface area contributed by atoms with Gasteiger partial charge in [0, 0.05) is 22.8 Å². The lowest BCUT2D eigenvalue weighted by atomic mass is 9.87. The summed E-state index contributed by atoms with van der Waals surface area (Å²) in [4.78, 5) is 2.33. The third kappa shape index (κ3) is 11.4. The zero-order valence-electron chi connectivity index (χ0n) is 34.9. The van der Waals surface area contributed by atoms with Crippen LogP contribution in [0.25, 0.3) is 36.5 Å². The van der Waals surface area contributed by atoms with Crippen LogP contribution in [0, 0.1) is 0 Å². The first-order chi connectivity index (χ1) is 26.6. The average Bonchev–Trinajstić information content (AvgIpc) is 3.17. The highest BCUT2D eigenvalue weighted by Gasteiger charge is 2.15. The van der Waals surface area contributed by atoms with Gasteiger partial charge in [0.15, 0.2) is 0 Å². The molecule has 0 saturated heterocycles. The maximum atomic E-state index is 2.37. The summed E-state index contributed by atoms with van der Waals surface area (Å²) in [6.45, 7) is 13.5. The predicted octanol–water partition coefficient (Wildman–Crippen LogP) is 15.5. The minimum atomic E-state index is -0.566. The van der Waals surface area contributed by atoms with Crippen molar-refractivity contribution in [1.82, 2.24) is 0 Å². The Labute approximate surface area is 339 Å². The van der Waals surface area contributed by atoms with E-state index in [0.717, 1.165) is 33.9 Å². The van der Waals surface area contributed by atoms with Gasteiger partial charge in [0.1, 0.15) is 0 Å². The summed E-state index contributed by atoms with van der Waals surface area (Å²) in [5, 5.41) is 0. The van der Waals surface area contributed by atoms with E-state index >= 15 is 0 Å². The average molecular weight is 754 g/mol. The number of benzene rings is 6. The summed E-state index contributed by atoms with van der Waals surface area (Å²) < 4.78 is 0. The first kappa shape index (κ1) is 40.4. The first-order valence-corrected chi connectivity index (χ1v) is 22.7. The molecule has 0 unspecified atom stereocenters. The molecular formula is C54H59NS. The molecule has 6 rings (SSSR count). The Balaban J connectivity index is 1.23. The summed E-state index contributed by atoms with van der Waals surface area (Å²) in [7, 11) is -0.566. The Morgan fingerprint density at radius 1 is 0.357 bits per heavy atom. The predicted molar refractivity (Wildman–Crippen MR) is 254 cm³/mol. The highest BCUT2D eigenvalue weighted by Crippen LogP contribution is 2.39. The monoisotopic (exact) mass is 753 g/mol. The van der Waals surface area contributed by atoms with E-state index in [1.807, 2.05) is 0 Å². The number of rotatable bonds is 11. The van der Waals surface area contributed by atoms with Gasteiger partial charge in [0.25, 0.3) is 0 Å². The van der Waals surface area contributed by atoms with Crippen LogP contribution in [0.15, 0.2) is 146 Å². The molecule has 0 heterocycles. The molecule has 0 aromatic heterocycles. The van der Waals surface area contributed by atoms with Crippen molar-refractivity contribution in [1.29, 1.82) is 0 Å². The lowest BCUT2D eigenvalue weighted by Gasteiger charge is -2.26. The van der Waals surface area contributed by atoms with E-state index in [2.05, 4.69) is 247 Å². The highest BCUT2D eigenvalue weighted by atomic mass is 32.3. The molecule has 0 aliphatic carbocycles. The Bertz CT molecular complexity index is 2140. The molecule has 0 radical (unpaired) electrons. The third-order valence-corrected chi connectivity index (χ3v) is 11.2. The van der Waals surface area contributed by atoms with Gasteiger partial charge >= 0.3 is 0 Å². The van der Waals surface area contributed by atoms with Gasteiger partial charge in [0.2, 0.25) is 0 Å². The second-order valence-electron chi connectivity index (χ2n) is 17.8. The van der Waals surface area contributed by atoms with Crippen molar-refractivity contribution in [3.05, 3.63) is 196 Å². The molecule has 0 bridgehead atoms. The van der Waals surface area contributed by atoms with Crippen LogP contribution in [0.4, 0.5) is 17.1 Å². The standard InChI is InChI=1S/C54H59NS/c1-53(2,3)48-30-20-42(21-31-48)11-14-45-26-36-51(37-27-45)55(52-38-28-46(29-39-52)15-12-43-22-32-49(33-23-43)54(4,5)6)50-34-24-44(25-35-50)13-10-41-16-18-47(19-17-41)40-56(7,8)9/h10-39H,40H2,1-9H3/b13-10+,14-11+,15-12+. The van der Waals surface area contributed by atoms with Crippen molar-refractivity contribution < 1.29 is 0 Å². The van der Waals surface area contributed by atoms with Crippen LogP contribution in [0.1, 0.15) is 91.6 Å². The zero-order valence-corrected chi connectivity index (χ0v) is 35.7. The maximum Gasteiger partial charge on any atom is 0.0462 e. The summed E-state index contributed by atoms with van der Waals surface area (Å²) in [6.07, 6.45) is 20.3. The lowest BCUT2D eigenvalue weighted by Crippen LogP contribution is -2.10. The van der Waals surface area contributed by atoms with Crippen molar-refractivity contribution in [2.45, 2.75) is 58.1 Å². The van der Waals surface area contributed by atoms with Gasteiger partial charge < -0.3 is 4.90 Å². The van der Waals surface area contributed by atoms with Gasteiger partial charge in [-0.25, -0.2) is 10.0 Å². The van der Waals surface area contributed by atoms with Gasteiger partial charge in [0.05, 0.1) is 0 Å². The van der Waals surface area contributed by atoms with Crippen molar-refractivity contribution >= 4 is 63.5 Å². The van der Waals surface area contributed by atoms with Crippen molar-refractivity contribution in [2.24, 2.45) is 0 Å². The van der Waals surface area contributed by atoms with Gasteiger partial charge in [-0.15, -0.1) is 0 Å². The molecule has 0 amide bonds. The Morgan fingerprint density at radius 3 is 0.821 bits per heavy atom. The molecule has 2 heteroatoms. The SMILES string of the molecule is CC(C)(C)c1ccc(/C=C/c2ccc(N(c3ccc(/C=C/c4ccc(CS(C)(C)C)cc4)cc3)c3ccc(/C=C/c4ccc(C(C)(C)C)cc4)cc3)cc2)cc1. The van der Waals surface area contributed by atoms with Crippen LogP contribution in [0.5, 0.6) is 0 Å². The van der Waals surface area contributed by atoms with E-state index in [-0.39, 0.29) is 10.8 Å². The van der Waals surface area contributed by atoms with Crippen LogP contribution >= 0.6 is 10.0 Å². The molecular weight excluding hydrogens is 695 g/mol. The topological polar surface area (TPSA) is 3.24 Å². The van der Waals surface area contributed by atoms with Crippen LogP contribution in [-0.2, 0) is 16.6 Å². The second-order valence-corrected chi connectivity index (χ2v) is 22.3. The molecule has 0 fully saturated rings. The second kappa shape index (κ2) is 17.2. The minimum Gasteiger partial charge on any atom is -0.311 e. The van der Waals surface area contributed by atoms with E-state index in [1.54, 1.807) is 0 Å². The Kier molecular flexibility index (Phi) is 12.4. The molecule has 0 aliphatic rings. The van der Waals surface area contributed by atoms with E-state index in [4.69, 9.17) is 0 Å². The van der Waals surface area contributed by atoms with Gasteiger partial charge in [-0.3, -0.25) is 0 Å². The van der Waals surface area contributed by atoms with Crippen LogP contribution in [0.2, 0.25) is 0 Å². The van der Waals surface area contributed by atoms with E-state index in [1.165, 1.54) is 38.9 Å². The first-order valence-electron chi connectivity index (χ1n) is 19.7. The van der Waals surface area contributed by atoms with Crippen molar-refractivity contribution in [3.8, 4) is 0 Å². The third-order valence-electron chi connectivity index (χ3n) is 9.99. The van der Waals surface area contributed by atoms with Crippen molar-refractivity contribution in [3.63, 3.8) is 0 Å². The molecule has 6 aromatic rings. The number of anilines is 3. The molecule has 0 atom stereocenters. The fraction of sp³-hybridized carbons (Fsp3) is 0.222. The summed E-state index contributed by atoms with van der Waals surface area (Å²) in [5.74, 6) is 1.16. The molecule has 0 saturated carbocycles. The zero-order chi connectivity index (χ0) is 39.9. The van der Waals surface area contributed by atoms with Crippen LogP contribution in [0.3, 0.4) is 0 Å². The molecule has 0 spiro atoms. The maximum absolute atomic E-state index is 2.37.